The Kier molecular flexibility index (Phi) is 8.35. The van der Waals surface area contributed by atoms with Gasteiger partial charge in [-0.2, -0.15) is 0 Å². The first kappa shape index (κ1) is 40.1. The Hall–Kier alpha value is -6.46. The van der Waals surface area contributed by atoms with Gasteiger partial charge in [0.25, 0.3) is 0 Å². The van der Waals surface area contributed by atoms with E-state index >= 15 is 0 Å². The van der Waals surface area contributed by atoms with E-state index in [9.17, 15) is 0 Å². The van der Waals surface area contributed by atoms with Crippen LogP contribution < -0.4 is 21.1 Å². The predicted molar refractivity (Wildman–Crippen MR) is 275 cm³/mol. The van der Waals surface area contributed by atoms with Crippen LogP contribution >= 0.6 is 0 Å². The molecule has 2 aliphatic carbocycles. The minimum Gasteiger partial charge on any atom is -0.454 e. The highest BCUT2D eigenvalue weighted by Crippen LogP contribution is 2.55. The quantitative estimate of drug-likeness (QED) is 0.179. The van der Waals surface area contributed by atoms with Crippen LogP contribution in [0.1, 0.15) is 109 Å². The molecular formula is C60H56BN2O2. The van der Waals surface area contributed by atoms with Gasteiger partial charge < -0.3 is 14.2 Å². The van der Waals surface area contributed by atoms with Gasteiger partial charge in [-0.3, -0.25) is 4.90 Å². The van der Waals surface area contributed by atoms with Gasteiger partial charge in [0.2, 0.25) is 7.28 Å². The minimum absolute atomic E-state index is 0.00538. The zero-order valence-electron chi connectivity index (χ0n) is 39.4. The van der Waals surface area contributed by atoms with Gasteiger partial charge >= 0.3 is 0 Å². The lowest BCUT2D eigenvalue weighted by Gasteiger charge is -2.43. The lowest BCUT2D eigenvalue weighted by atomic mass is 9.58. The van der Waals surface area contributed by atoms with E-state index in [1.54, 1.807) is 0 Å². The molecule has 5 heteroatoms. The first-order valence-corrected chi connectivity index (χ1v) is 23.5. The van der Waals surface area contributed by atoms with Crippen molar-refractivity contribution in [3.8, 4) is 22.3 Å². The Balaban J connectivity index is 1.19. The highest BCUT2D eigenvalue weighted by atomic mass is 16.4. The number of para-hydroxylation sites is 2. The largest absolute Gasteiger partial charge is 0.454 e. The van der Waals surface area contributed by atoms with E-state index in [4.69, 9.17) is 8.83 Å². The van der Waals surface area contributed by atoms with Gasteiger partial charge in [-0.05, 0) is 146 Å². The molecule has 3 aliphatic rings. The molecule has 2 aromatic heterocycles. The third-order valence-corrected chi connectivity index (χ3v) is 15.5. The molecular weight excluding hydrogens is 791 g/mol. The monoisotopic (exact) mass is 847 g/mol. The summed E-state index contributed by atoms with van der Waals surface area (Å²) in [5.74, 6) is 0.815. The zero-order chi connectivity index (χ0) is 44.9. The maximum Gasteiger partial charge on any atom is 0.203 e. The van der Waals surface area contributed by atoms with Crippen LogP contribution in [0.15, 0.2) is 136 Å². The summed E-state index contributed by atoms with van der Waals surface area (Å²) >= 11 is 0. The highest BCUT2D eigenvalue weighted by molar-refractivity contribution is 6.76. The van der Waals surface area contributed by atoms with E-state index in [1.165, 1.54) is 44.5 Å². The smallest absolute Gasteiger partial charge is 0.203 e. The fourth-order valence-electron chi connectivity index (χ4n) is 11.5. The summed E-state index contributed by atoms with van der Waals surface area (Å²) < 4.78 is 14.2. The van der Waals surface area contributed by atoms with Crippen LogP contribution in [0.3, 0.4) is 0 Å². The number of nitrogens with one attached hydrogen (secondary N) is 1. The zero-order valence-corrected chi connectivity index (χ0v) is 39.4. The summed E-state index contributed by atoms with van der Waals surface area (Å²) in [5.41, 5.74) is 21.8. The van der Waals surface area contributed by atoms with Crippen LogP contribution in [-0.4, -0.2) is 7.28 Å². The molecule has 0 saturated carbocycles. The van der Waals surface area contributed by atoms with E-state index < -0.39 is 0 Å². The number of fused-ring (bicyclic) bond motifs is 12. The fraction of sp³-hybridized carbons (Fsp3) is 0.267. The van der Waals surface area contributed by atoms with Crippen molar-refractivity contribution < 1.29 is 8.83 Å². The lowest BCUT2D eigenvalue weighted by molar-refractivity contribution is 0.332. The summed E-state index contributed by atoms with van der Waals surface area (Å²) in [6.45, 7) is 23.5. The third kappa shape index (κ3) is 5.89. The minimum atomic E-state index is -0.180. The normalized spacial score (nSPS) is 16.5. The van der Waals surface area contributed by atoms with Crippen LogP contribution in [0.5, 0.6) is 0 Å². The van der Waals surface area contributed by atoms with Crippen molar-refractivity contribution in [2.45, 2.75) is 104 Å². The van der Waals surface area contributed by atoms with Crippen molar-refractivity contribution in [1.29, 1.82) is 0 Å². The van der Waals surface area contributed by atoms with E-state index in [0.29, 0.717) is 0 Å². The number of anilines is 5. The molecule has 7 aromatic carbocycles. The van der Waals surface area contributed by atoms with Gasteiger partial charge in [0.15, 0.2) is 11.5 Å². The van der Waals surface area contributed by atoms with Gasteiger partial charge in [0, 0.05) is 38.5 Å². The van der Waals surface area contributed by atoms with Gasteiger partial charge in [0.1, 0.15) is 11.2 Å². The lowest BCUT2D eigenvalue weighted by Crippen LogP contribution is -2.41. The molecule has 0 unspecified atom stereocenters. The van der Waals surface area contributed by atoms with E-state index in [2.05, 4.69) is 214 Å². The van der Waals surface area contributed by atoms with Crippen molar-refractivity contribution in [2.24, 2.45) is 0 Å². The Morgan fingerprint density at radius 3 is 1.94 bits per heavy atom. The van der Waals surface area contributed by atoms with Crippen molar-refractivity contribution in [3.63, 3.8) is 0 Å². The predicted octanol–water partition coefficient (Wildman–Crippen LogP) is 15.4. The Bertz CT molecular complexity index is 3460. The maximum atomic E-state index is 7.10. The second kappa shape index (κ2) is 13.5. The van der Waals surface area contributed by atoms with Crippen LogP contribution in [-0.2, 0) is 21.7 Å². The Morgan fingerprint density at radius 2 is 1.22 bits per heavy atom. The SMILES string of the molecule is Cc1cc2c(cc1N1c3oc4ccccc4c3[B]c3c(-c4cc5c(cc4Nc4ccc(C(C)(C)C)cc4)C(C)(C)c4ccccc4-5)cc4c(oc5ccccc54)c31)C(C)(C)CCC2(C)C. The number of hydrogen-bond acceptors (Lipinski definition) is 4. The number of furan rings is 2. The number of nitrogens with zero attached hydrogens (tertiary/aromatic N) is 1. The summed E-state index contributed by atoms with van der Waals surface area (Å²) in [6, 6.07) is 47.2. The van der Waals surface area contributed by atoms with Crippen LogP contribution in [0, 0.1) is 6.92 Å². The fourth-order valence-corrected chi connectivity index (χ4v) is 11.5. The van der Waals surface area contributed by atoms with Crippen LogP contribution in [0.4, 0.5) is 28.6 Å². The maximum absolute atomic E-state index is 7.10. The first-order valence-electron chi connectivity index (χ1n) is 23.5. The van der Waals surface area contributed by atoms with Crippen LogP contribution in [0.2, 0.25) is 0 Å². The summed E-state index contributed by atoms with van der Waals surface area (Å²) in [7, 11) is 2.38. The number of aryl methyl sites for hydroxylation is 1. The van der Waals surface area contributed by atoms with Crippen molar-refractivity contribution in [1.82, 2.24) is 0 Å². The van der Waals surface area contributed by atoms with Crippen LogP contribution in [0.25, 0.3) is 55.2 Å². The summed E-state index contributed by atoms with van der Waals surface area (Å²) in [6.07, 6.45) is 2.28. The van der Waals surface area contributed by atoms with Gasteiger partial charge in [-0.15, -0.1) is 0 Å². The molecule has 12 rings (SSSR count). The Labute approximate surface area is 383 Å². The molecule has 9 aromatic rings. The molecule has 0 atom stereocenters. The topological polar surface area (TPSA) is 41.6 Å². The van der Waals surface area contributed by atoms with E-state index in [-0.39, 0.29) is 21.7 Å². The van der Waals surface area contributed by atoms with Gasteiger partial charge in [-0.25, -0.2) is 0 Å². The molecule has 0 saturated heterocycles. The van der Waals surface area contributed by atoms with E-state index in [0.717, 1.165) is 96.4 Å². The number of hydrogen-bond donors (Lipinski definition) is 1. The molecule has 3 heterocycles. The van der Waals surface area contributed by atoms with Crippen molar-refractivity contribution in [3.05, 3.63) is 161 Å². The van der Waals surface area contributed by atoms with Gasteiger partial charge in [-0.1, -0.05) is 141 Å². The molecule has 0 bridgehead atoms. The second-order valence-electron chi connectivity index (χ2n) is 22.0. The summed E-state index contributed by atoms with van der Waals surface area (Å²) in [4.78, 5) is 2.41. The first-order chi connectivity index (χ1) is 31.0. The average Bonchev–Trinajstić information content (AvgIpc) is 3.91. The van der Waals surface area contributed by atoms with Gasteiger partial charge in [0.05, 0.1) is 11.4 Å². The summed E-state index contributed by atoms with van der Waals surface area (Å²) in [5, 5.41) is 7.26. The van der Waals surface area contributed by atoms with Crippen molar-refractivity contribution >= 4 is 79.7 Å². The molecule has 1 radical (unpaired) electrons. The Morgan fingerprint density at radius 1 is 0.569 bits per heavy atom. The van der Waals surface area contributed by atoms with Crippen molar-refractivity contribution in [2.75, 3.05) is 10.2 Å². The molecule has 1 N–H and O–H groups in total. The van der Waals surface area contributed by atoms with E-state index in [1.807, 2.05) is 0 Å². The third-order valence-electron chi connectivity index (χ3n) is 15.5. The molecule has 0 fully saturated rings. The second-order valence-corrected chi connectivity index (χ2v) is 22.0. The molecule has 65 heavy (non-hydrogen) atoms. The average molecular weight is 848 g/mol. The molecule has 321 valence electrons. The molecule has 4 nitrogen and oxygen atoms in total. The molecule has 1 aliphatic heterocycles. The molecule has 0 spiro atoms. The number of benzene rings is 7. The standard InChI is InChI=1S/C60H56BN2O2/c1-34-29-46-47(59(7,8)28-27-58(46,5)6)33-49(34)63-54-52(61-53-39-19-13-16-22-51(39)65-56(53)63)42(31-43-38-18-12-15-21-50(38)64-55(43)54)41-30-40-37-17-11-14-20-44(37)60(9,10)45(40)32-48(41)62-36-25-23-35(24-26-36)57(2,3)4/h11-26,29-33,62H,27-28H2,1-10H3. The molecule has 0 amide bonds. The number of rotatable bonds is 4. The highest BCUT2D eigenvalue weighted by Gasteiger charge is 2.42.